The Balaban J connectivity index is 1.55. The normalized spacial score (nSPS) is 15.4. The number of methoxy groups -OCH3 is 2. The quantitative estimate of drug-likeness (QED) is 0.312. The molecule has 1 amide bonds. The average molecular weight is 560 g/mol. The number of carbonyl (C=O) groups is 1. The number of aromatic nitrogens is 4. The van der Waals surface area contributed by atoms with Gasteiger partial charge in [0.1, 0.15) is 11.5 Å². The van der Waals surface area contributed by atoms with Crippen LogP contribution in [-0.2, 0) is 11.3 Å². The predicted molar refractivity (Wildman–Crippen MR) is 153 cm³/mol. The smallest absolute Gasteiger partial charge is 0.294 e. The van der Waals surface area contributed by atoms with E-state index >= 15 is 0 Å². The van der Waals surface area contributed by atoms with Gasteiger partial charge in [-0.3, -0.25) is 4.79 Å². The summed E-state index contributed by atoms with van der Waals surface area (Å²) in [6.45, 7) is 6.96. The van der Waals surface area contributed by atoms with Crippen molar-refractivity contribution in [2.75, 3.05) is 31.5 Å². The standard InChI is InChI=1S/C27H38N6O3S2/c1-27(2,3)15-22(34)30-19(17-9-12-37-13-10-17)8-11-33-16-29-24(28)23-25(33)32-26(31-23)38-21-14-18(35-4)6-7-20(21)36-5/h6-7,14,16-17,19H,8-13,15H2,1-5H3,(H3,28,30,31,32,34)/p+1. The molecule has 11 heteroatoms. The average Bonchev–Trinajstić information content (AvgIpc) is 3.31. The number of carbonyl (C=O) groups excluding carboxylic acids is 1. The second kappa shape index (κ2) is 12.5. The van der Waals surface area contributed by atoms with Crippen LogP contribution < -0.4 is 25.1 Å². The third-order valence-corrected chi connectivity index (χ3v) is 8.63. The van der Waals surface area contributed by atoms with Crippen molar-refractivity contribution in [3.05, 3.63) is 24.5 Å². The number of ether oxygens (including phenoxy) is 2. The van der Waals surface area contributed by atoms with E-state index in [0.717, 1.165) is 52.8 Å². The van der Waals surface area contributed by atoms with E-state index < -0.39 is 0 Å². The number of aryl methyl sites for hydroxylation is 1. The molecule has 0 bridgehead atoms. The zero-order valence-corrected chi connectivity index (χ0v) is 24.5. The summed E-state index contributed by atoms with van der Waals surface area (Å²) in [7, 11) is 3.28. The molecule has 0 aliphatic carbocycles. The van der Waals surface area contributed by atoms with Crippen molar-refractivity contribution in [3.8, 4) is 11.5 Å². The van der Waals surface area contributed by atoms with Crippen LogP contribution in [0.1, 0.15) is 46.5 Å². The van der Waals surface area contributed by atoms with E-state index in [4.69, 9.17) is 20.2 Å². The van der Waals surface area contributed by atoms with Crippen LogP contribution in [0.15, 0.2) is 34.6 Å². The highest BCUT2D eigenvalue weighted by Gasteiger charge is 2.28. The zero-order chi connectivity index (χ0) is 27.3. The molecule has 206 valence electrons. The van der Waals surface area contributed by atoms with Gasteiger partial charge in [0, 0.05) is 12.5 Å². The molecule has 4 rings (SSSR count). The van der Waals surface area contributed by atoms with Crippen LogP contribution in [0.2, 0.25) is 0 Å². The van der Waals surface area contributed by atoms with Crippen LogP contribution in [-0.4, -0.2) is 52.6 Å². The van der Waals surface area contributed by atoms with Gasteiger partial charge in [-0.15, -0.1) is 0 Å². The number of rotatable bonds is 10. The minimum atomic E-state index is -0.0482. The van der Waals surface area contributed by atoms with Crippen molar-refractivity contribution in [2.45, 2.75) is 69.1 Å². The van der Waals surface area contributed by atoms with Crippen molar-refractivity contribution in [1.29, 1.82) is 0 Å². The van der Waals surface area contributed by atoms with E-state index in [1.165, 1.54) is 11.8 Å². The first kappa shape index (κ1) is 28.4. The molecule has 4 N–H and O–H groups in total. The molecule has 38 heavy (non-hydrogen) atoms. The Morgan fingerprint density at radius 1 is 1.29 bits per heavy atom. The van der Waals surface area contributed by atoms with Gasteiger partial charge in [-0.25, -0.2) is 4.57 Å². The highest BCUT2D eigenvalue weighted by atomic mass is 32.2. The number of imidazole rings is 1. The molecule has 0 spiro atoms. The maximum absolute atomic E-state index is 12.9. The Morgan fingerprint density at radius 2 is 2.05 bits per heavy atom. The SMILES string of the molecule is COc1ccc(OC)c(Sc2nc3c([nH]2)c(N)nc[n+]3CCC(NC(=O)CC(C)(C)C)C2CCSCC2)c1. The van der Waals surface area contributed by atoms with Gasteiger partial charge in [0.15, 0.2) is 5.52 Å². The number of nitrogens with one attached hydrogen (secondary N) is 2. The lowest BCUT2D eigenvalue weighted by Gasteiger charge is -2.31. The van der Waals surface area contributed by atoms with Gasteiger partial charge in [0.25, 0.3) is 5.65 Å². The summed E-state index contributed by atoms with van der Waals surface area (Å²) in [5, 5.41) is 4.05. The van der Waals surface area contributed by atoms with Crippen molar-refractivity contribution >= 4 is 46.4 Å². The summed E-state index contributed by atoms with van der Waals surface area (Å²) in [4.78, 5) is 26.3. The molecule has 1 atom stereocenters. The number of benzene rings is 1. The lowest BCUT2D eigenvalue weighted by atomic mass is 9.89. The molecule has 2 aromatic heterocycles. The van der Waals surface area contributed by atoms with Crippen molar-refractivity contribution in [2.24, 2.45) is 11.3 Å². The van der Waals surface area contributed by atoms with E-state index in [0.29, 0.717) is 35.4 Å². The molecule has 1 aromatic carbocycles. The van der Waals surface area contributed by atoms with E-state index in [1.807, 2.05) is 34.5 Å². The Kier molecular flexibility index (Phi) is 9.30. The van der Waals surface area contributed by atoms with E-state index in [-0.39, 0.29) is 17.4 Å². The van der Waals surface area contributed by atoms with Gasteiger partial charge in [-0.05, 0) is 72.1 Å². The van der Waals surface area contributed by atoms with E-state index in [9.17, 15) is 4.79 Å². The lowest BCUT2D eigenvalue weighted by molar-refractivity contribution is -0.676. The molecule has 1 aliphatic rings. The van der Waals surface area contributed by atoms with Gasteiger partial charge < -0.3 is 25.5 Å². The van der Waals surface area contributed by atoms with Crippen molar-refractivity contribution in [1.82, 2.24) is 20.3 Å². The summed E-state index contributed by atoms with van der Waals surface area (Å²) in [6.07, 6.45) is 5.30. The minimum Gasteiger partial charge on any atom is -0.497 e. The zero-order valence-electron chi connectivity index (χ0n) is 22.9. The number of nitrogens with two attached hydrogens (primary N) is 1. The molecular weight excluding hydrogens is 520 g/mol. The summed E-state index contributed by atoms with van der Waals surface area (Å²) in [6, 6.07) is 5.76. The molecule has 0 radical (unpaired) electrons. The topological polar surface area (TPSA) is 119 Å². The Bertz CT molecular complexity index is 1250. The predicted octanol–water partition coefficient (Wildman–Crippen LogP) is 4.45. The molecule has 0 saturated carbocycles. The number of amides is 1. The first-order valence-electron chi connectivity index (χ1n) is 13.0. The number of H-pyrrole nitrogens is 1. The second-order valence-electron chi connectivity index (χ2n) is 10.8. The highest BCUT2D eigenvalue weighted by molar-refractivity contribution is 7.99. The molecule has 1 saturated heterocycles. The van der Waals surface area contributed by atoms with Crippen LogP contribution in [0.3, 0.4) is 0 Å². The molecule has 1 unspecified atom stereocenters. The summed E-state index contributed by atoms with van der Waals surface area (Å²) in [5.41, 5.74) is 7.60. The van der Waals surface area contributed by atoms with Gasteiger partial charge >= 0.3 is 0 Å². The highest BCUT2D eigenvalue weighted by Crippen LogP contribution is 2.37. The van der Waals surface area contributed by atoms with Crippen molar-refractivity contribution < 1.29 is 18.8 Å². The third kappa shape index (κ3) is 7.25. The van der Waals surface area contributed by atoms with Gasteiger partial charge in [-0.1, -0.05) is 30.7 Å². The van der Waals surface area contributed by atoms with Crippen LogP contribution in [0.25, 0.3) is 11.2 Å². The maximum atomic E-state index is 12.9. The number of aromatic amines is 1. The fraction of sp³-hybridized carbons (Fsp3) is 0.556. The minimum absolute atomic E-state index is 0.0482. The number of fused-ring (bicyclic) bond motifs is 1. The Morgan fingerprint density at radius 3 is 2.74 bits per heavy atom. The monoisotopic (exact) mass is 559 g/mol. The number of hydrogen-bond donors (Lipinski definition) is 3. The number of nitrogen functional groups attached to an aromatic ring is 1. The summed E-state index contributed by atoms with van der Waals surface area (Å²) < 4.78 is 12.9. The van der Waals surface area contributed by atoms with Crippen LogP contribution in [0, 0.1) is 11.3 Å². The van der Waals surface area contributed by atoms with Crippen LogP contribution >= 0.6 is 23.5 Å². The van der Waals surface area contributed by atoms with Crippen molar-refractivity contribution in [3.63, 3.8) is 0 Å². The first-order chi connectivity index (χ1) is 18.2. The largest absolute Gasteiger partial charge is 0.497 e. The molecule has 9 nitrogen and oxygen atoms in total. The number of anilines is 1. The fourth-order valence-electron chi connectivity index (χ4n) is 4.72. The lowest BCUT2D eigenvalue weighted by Crippen LogP contribution is -2.46. The fourth-order valence-corrected chi connectivity index (χ4v) is 6.79. The Labute approximate surface area is 233 Å². The molecule has 3 aromatic rings. The van der Waals surface area contributed by atoms with Crippen LogP contribution in [0.4, 0.5) is 5.82 Å². The molecule has 1 fully saturated rings. The number of hydrogen-bond acceptors (Lipinski definition) is 8. The van der Waals surface area contributed by atoms with Gasteiger partial charge in [0.05, 0.1) is 25.7 Å². The summed E-state index contributed by atoms with van der Waals surface area (Å²) in [5.74, 6) is 4.75. The second-order valence-corrected chi connectivity index (χ2v) is 13.1. The Hall–Kier alpha value is -2.66. The number of thioether (sulfide) groups is 1. The van der Waals surface area contributed by atoms with Gasteiger partial charge in [0.2, 0.25) is 23.2 Å². The maximum Gasteiger partial charge on any atom is 0.294 e. The van der Waals surface area contributed by atoms with Crippen LogP contribution in [0.5, 0.6) is 11.5 Å². The molecular formula is C27H39N6O3S2+. The first-order valence-corrected chi connectivity index (χ1v) is 14.9. The van der Waals surface area contributed by atoms with E-state index in [1.54, 1.807) is 20.5 Å². The molecule has 1 aliphatic heterocycles. The molecule has 3 heterocycles. The number of nitrogens with zero attached hydrogens (tertiary/aromatic N) is 3. The summed E-state index contributed by atoms with van der Waals surface area (Å²) >= 11 is 3.44. The van der Waals surface area contributed by atoms with E-state index in [2.05, 4.69) is 36.1 Å². The van der Waals surface area contributed by atoms with Gasteiger partial charge in [-0.2, -0.15) is 11.8 Å². The third-order valence-electron chi connectivity index (χ3n) is 6.66.